The Hall–Kier alpha value is -2.86. The lowest BCUT2D eigenvalue weighted by atomic mass is 10.3. The standard InChI is InChI=1S/C12H13F4N7O/c13-10(14)12(15,16)24-7-3-1-2-6(4-7)19-11-20-8(22-17)5-9(21-11)23-18/h1-5,10H,17-18H2,(H3,19,20,21,22,23). The molecule has 0 amide bonds. The number of hydrogen-bond acceptors (Lipinski definition) is 8. The van der Waals surface area contributed by atoms with E-state index in [1.165, 1.54) is 18.2 Å². The molecule has 1 aromatic carbocycles. The summed E-state index contributed by atoms with van der Waals surface area (Å²) in [6, 6.07) is 6.39. The number of rotatable bonds is 7. The summed E-state index contributed by atoms with van der Waals surface area (Å²) in [6.07, 6.45) is -8.56. The molecule has 0 aliphatic heterocycles. The Bertz CT molecular complexity index is 679. The molecular formula is C12H13F4N7O. The molecule has 130 valence electrons. The van der Waals surface area contributed by atoms with Gasteiger partial charge in [0.2, 0.25) is 5.95 Å². The van der Waals surface area contributed by atoms with Crippen molar-refractivity contribution in [3.05, 3.63) is 30.3 Å². The molecule has 2 aromatic rings. The van der Waals surface area contributed by atoms with Crippen molar-refractivity contribution in [2.45, 2.75) is 12.5 Å². The van der Waals surface area contributed by atoms with E-state index in [1.54, 1.807) is 0 Å². The molecule has 0 saturated carbocycles. The molecule has 0 spiro atoms. The fourth-order valence-corrected chi connectivity index (χ4v) is 1.62. The lowest BCUT2D eigenvalue weighted by Crippen LogP contribution is -2.33. The van der Waals surface area contributed by atoms with E-state index < -0.39 is 18.3 Å². The van der Waals surface area contributed by atoms with Crippen LogP contribution in [0.15, 0.2) is 30.3 Å². The summed E-state index contributed by atoms with van der Waals surface area (Å²) in [4.78, 5) is 7.93. The van der Waals surface area contributed by atoms with Crippen LogP contribution >= 0.6 is 0 Å². The Labute approximate surface area is 133 Å². The van der Waals surface area contributed by atoms with Gasteiger partial charge in [-0.2, -0.15) is 27.5 Å². The van der Waals surface area contributed by atoms with E-state index in [1.807, 2.05) is 0 Å². The third-order valence-electron chi connectivity index (χ3n) is 2.62. The van der Waals surface area contributed by atoms with Crippen LogP contribution in [0.2, 0.25) is 0 Å². The first-order valence-electron chi connectivity index (χ1n) is 6.38. The Morgan fingerprint density at radius 1 is 1.04 bits per heavy atom. The smallest absolute Gasteiger partial charge is 0.428 e. The van der Waals surface area contributed by atoms with Crippen LogP contribution in [0.25, 0.3) is 0 Å². The van der Waals surface area contributed by atoms with Crippen molar-refractivity contribution in [3.8, 4) is 5.75 Å². The molecule has 0 radical (unpaired) electrons. The molecular weight excluding hydrogens is 334 g/mol. The highest BCUT2D eigenvalue weighted by Crippen LogP contribution is 2.29. The topological polar surface area (TPSA) is 123 Å². The predicted octanol–water partition coefficient (Wildman–Crippen LogP) is 2.03. The van der Waals surface area contributed by atoms with Crippen LogP contribution in [0, 0.1) is 0 Å². The highest BCUT2D eigenvalue weighted by Gasteiger charge is 2.43. The minimum Gasteiger partial charge on any atom is -0.428 e. The molecule has 0 aliphatic rings. The number of nitrogens with zero attached hydrogens (tertiary/aromatic N) is 2. The average Bonchev–Trinajstić information content (AvgIpc) is 2.54. The summed E-state index contributed by atoms with van der Waals surface area (Å²) in [5, 5.41) is 2.68. The number of hydrogen-bond donors (Lipinski definition) is 5. The number of hydrazine groups is 2. The molecule has 0 atom stereocenters. The highest BCUT2D eigenvalue weighted by atomic mass is 19.3. The van der Waals surface area contributed by atoms with Crippen molar-refractivity contribution in [3.63, 3.8) is 0 Å². The Morgan fingerprint density at radius 3 is 2.21 bits per heavy atom. The zero-order valence-electron chi connectivity index (χ0n) is 11.9. The van der Waals surface area contributed by atoms with Crippen LogP contribution in [-0.4, -0.2) is 22.5 Å². The Kier molecular flexibility index (Phi) is 5.21. The fraction of sp³-hybridized carbons (Fsp3) is 0.167. The summed E-state index contributed by atoms with van der Waals surface area (Å²) >= 11 is 0. The van der Waals surface area contributed by atoms with Crippen molar-refractivity contribution in [1.82, 2.24) is 9.97 Å². The third kappa shape index (κ3) is 4.33. The third-order valence-corrected chi connectivity index (χ3v) is 2.62. The molecule has 7 N–H and O–H groups in total. The molecule has 12 heteroatoms. The maximum absolute atomic E-state index is 12.9. The van der Waals surface area contributed by atoms with E-state index in [0.717, 1.165) is 12.1 Å². The van der Waals surface area contributed by atoms with Crippen LogP contribution in [0.5, 0.6) is 5.75 Å². The molecule has 24 heavy (non-hydrogen) atoms. The molecule has 1 aromatic heterocycles. The fourth-order valence-electron chi connectivity index (χ4n) is 1.62. The number of alkyl halides is 4. The Balaban J connectivity index is 2.21. The number of nitrogens with two attached hydrogens (primary N) is 2. The van der Waals surface area contributed by atoms with Gasteiger partial charge in [0.05, 0.1) is 0 Å². The second kappa shape index (κ2) is 7.14. The van der Waals surface area contributed by atoms with Crippen molar-refractivity contribution in [2.75, 3.05) is 16.2 Å². The van der Waals surface area contributed by atoms with Gasteiger partial charge in [-0.15, -0.1) is 0 Å². The number of anilines is 4. The minimum absolute atomic E-state index is 0.0242. The van der Waals surface area contributed by atoms with E-state index in [2.05, 4.69) is 30.9 Å². The molecule has 0 unspecified atom stereocenters. The van der Waals surface area contributed by atoms with Crippen molar-refractivity contribution < 1.29 is 22.3 Å². The Morgan fingerprint density at radius 2 is 1.67 bits per heavy atom. The van der Waals surface area contributed by atoms with E-state index in [0.29, 0.717) is 0 Å². The van der Waals surface area contributed by atoms with Gasteiger partial charge in [0, 0.05) is 17.8 Å². The normalized spacial score (nSPS) is 11.3. The van der Waals surface area contributed by atoms with Crippen LogP contribution in [0.1, 0.15) is 0 Å². The molecule has 8 nitrogen and oxygen atoms in total. The van der Waals surface area contributed by atoms with Crippen LogP contribution in [0.4, 0.5) is 40.8 Å². The van der Waals surface area contributed by atoms with Gasteiger partial charge in [-0.1, -0.05) is 6.07 Å². The van der Waals surface area contributed by atoms with Gasteiger partial charge in [-0.25, -0.2) is 11.7 Å². The number of aromatic nitrogens is 2. The van der Waals surface area contributed by atoms with Gasteiger partial charge in [-0.3, -0.25) is 0 Å². The second-order valence-electron chi connectivity index (χ2n) is 4.37. The van der Waals surface area contributed by atoms with Gasteiger partial charge >= 0.3 is 12.5 Å². The maximum atomic E-state index is 12.9. The van der Waals surface area contributed by atoms with Gasteiger partial charge < -0.3 is 20.9 Å². The lowest BCUT2D eigenvalue weighted by Gasteiger charge is -2.17. The number of halogens is 4. The van der Waals surface area contributed by atoms with E-state index in [-0.39, 0.29) is 23.3 Å². The second-order valence-corrected chi connectivity index (χ2v) is 4.37. The average molecular weight is 347 g/mol. The number of ether oxygens (including phenoxy) is 1. The largest absolute Gasteiger partial charge is 0.461 e. The van der Waals surface area contributed by atoms with Gasteiger partial charge in [0.1, 0.15) is 17.4 Å². The molecule has 0 saturated heterocycles. The lowest BCUT2D eigenvalue weighted by molar-refractivity contribution is -0.253. The maximum Gasteiger partial charge on any atom is 0.461 e. The molecule has 1 heterocycles. The summed E-state index contributed by atoms with van der Waals surface area (Å²) in [7, 11) is 0. The minimum atomic E-state index is -4.60. The zero-order valence-corrected chi connectivity index (χ0v) is 11.9. The first-order valence-corrected chi connectivity index (χ1v) is 6.38. The summed E-state index contributed by atoms with van der Waals surface area (Å²) in [6.45, 7) is 0. The van der Waals surface area contributed by atoms with Crippen LogP contribution in [0.3, 0.4) is 0 Å². The predicted molar refractivity (Wildman–Crippen MR) is 79.0 cm³/mol. The van der Waals surface area contributed by atoms with Crippen LogP contribution < -0.4 is 32.6 Å². The molecule has 0 bridgehead atoms. The summed E-state index contributed by atoms with van der Waals surface area (Å²) in [5.41, 5.74) is 4.80. The quantitative estimate of drug-likeness (QED) is 0.293. The van der Waals surface area contributed by atoms with E-state index >= 15 is 0 Å². The first-order chi connectivity index (χ1) is 11.3. The van der Waals surface area contributed by atoms with Gasteiger partial charge in [0.25, 0.3) is 0 Å². The molecule has 2 rings (SSSR count). The van der Waals surface area contributed by atoms with Crippen molar-refractivity contribution in [1.29, 1.82) is 0 Å². The van der Waals surface area contributed by atoms with E-state index in [4.69, 9.17) is 11.7 Å². The van der Waals surface area contributed by atoms with Gasteiger partial charge in [-0.05, 0) is 12.1 Å². The van der Waals surface area contributed by atoms with Crippen molar-refractivity contribution in [2.24, 2.45) is 11.7 Å². The summed E-state index contributed by atoms with van der Waals surface area (Å²) in [5.74, 6) is 10.5. The van der Waals surface area contributed by atoms with Crippen LogP contribution in [-0.2, 0) is 0 Å². The first kappa shape index (κ1) is 17.5. The summed E-state index contributed by atoms with van der Waals surface area (Å²) < 4.78 is 54.2. The van der Waals surface area contributed by atoms with Gasteiger partial charge in [0.15, 0.2) is 0 Å². The number of nitrogens with one attached hydrogen (secondary N) is 3. The van der Waals surface area contributed by atoms with E-state index in [9.17, 15) is 17.6 Å². The van der Waals surface area contributed by atoms with Crippen molar-refractivity contribution >= 4 is 23.3 Å². The zero-order chi connectivity index (χ0) is 17.7. The SMILES string of the molecule is NNc1cc(NN)nc(Nc2cccc(OC(F)(F)C(F)F)c2)n1. The monoisotopic (exact) mass is 347 g/mol. The highest BCUT2D eigenvalue weighted by molar-refractivity contribution is 5.59. The molecule has 0 aliphatic carbocycles. The molecule has 0 fully saturated rings. The number of benzene rings is 1. The number of nitrogen functional groups attached to an aromatic ring is 2.